The van der Waals surface area contributed by atoms with E-state index in [9.17, 15) is 10.2 Å². The van der Waals surface area contributed by atoms with Gasteiger partial charge in [-0.2, -0.15) is 0 Å². The third-order valence-corrected chi connectivity index (χ3v) is 6.75. The van der Waals surface area contributed by atoms with Crippen LogP contribution in [-0.4, -0.2) is 30.6 Å². The Morgan fingerprint density at radius 1 is 0.833 bits per heavy atom. The lowest BCUT2D eigenvalue weighted by molar-refractivity contribution is 0.412. The first kappa shape index (κ1) is 18.4. The molecular formula is C19H25O4P. The van der Waals surface area contributed by atoms with E-state index >= 15 is 0 Å². The molecule has 0 saturated carbocycles. The lowest BCUT2D eigenvalue weighted by atomic mass is 10.2. The predicted molar refractivity (Wildman–Crippen MR) is 100 cm³/mol. The number of phenols is 2. The van der Waals surface area contributed by atoms with Crippen molar-refractivity contribution in [2.45, 2.75) is 27.2 Å². The fraction of sp³-hybridized carbons (Fsp3) is 0.368. The molecule has 24 heavy (non-hydrogen) atoms. The van der Waals surface area contributed by atoms with Gasteiger partial charge in [0.05, 0.1) is 14.2 Å². The quantitative estimate of drug-likeness (QED) is 0.784. The minimum Gasteiger partial charge on any atom is -0.507 e. The normalized spacial score (nSPS) is 10.9. The largest absolute Gasteiger partial charge is 0.507 e. The van der Waals surface area contributed by atoms with E-state index in [1.165, 1.54) is 0 Å². The number of ether oxygens (including phenoxy) is 2. The molecule has 0 aliphatic carbocycles. The maximum atomic E-state index is 10.6. The van der Waals surface area contributed by atoms with Gasteiger partial charge in [0, 0.05) is 10.6 Å². The minimum atomic E-state index is -0.929. The molecule has 0 fully saturated rings. The van der Waals surface area contributed by atoms with Crippen LogP contribution in [0.25, 0.3) is 0 Å². The van der Waals surface area contributed by atoms with Crippen LogP contribution in [0.4, 0.5) is 0 Å². The number of aryl methyl sites for hydroxylation is 2. The molecule has 0 unspecified atom stereocenters. The van der Waals surface area contributed by atoms with Gasteiger partial charge in [-0.1, -0.05) is 13.3 Å². The summed E-state index contributed by atoms with van der Waals surface area (Å²) in [5.74, 6) is 1.97. The topological polar surface area (TPSA) is 58.9 Å². The molecule has 0 amide bonds. The Balaban J connectivity index is 2.67. The number of hydrogen-bond donors (Lipinski definition) is 2. The van der Waals surface area contributed by atoms with E-state index in [1.54, 1.807) is 14.2 Å². The molecule has 0 saturated heterocycles. The standard InChI is InChI=1S/C19H25O4P/c1-6-7-24(16-10-14(22-4)8-12(2)18(16)20)17-11-15(23-5)9-13(3)19(17)21/h8-11,20-21H,6-7H2,1-5H3. The van der Waals surface area contributed by atoms with Crippen molar-refractivity contribution in [3.63, 3.8) is 0 Å². The highest BCUT2D eigenvalue weighted by Gasteiger charge is 2.23. The van der Waals surface area contributed by atoms with Crippen LogP contribution in [0.3, 0.4) is 0 Å². The van der Waals surface area contributed by atoms with Crippen LogP contribution in [0.5, 0.6) is 23.0 Å². The summed E-state index contributed by atoms with van der Waals surface area (Å²) in [6.45, 7) is 5.82. The molecule has 2 N–H and O–H groups in total. The minimum absolute atomic E-state index is 0.273. The van der Waals surface area contributed by atoms with E-state index in [0.717, 1.165) is 34.3 Å². The Kier molecular flexibility index (Phi) is 5.95. The number of hydrogen-bond acceptors (Lipinski definition) is 4. The highest BCUT2D eigenvalue weighted by molar-refractivity contribution is 7.73. The maximum absolute atomic E-state index is 10.6. The van der Waals surface area contributed by atoms with Crippen molar-refractivity contribution in [3.8, 4) is 23.0 Å². The summed E-state index contributed by atoms with van der Waals surface area (Å²) in [5.41, 5.74) is 1.54. The fourth-order valence-electron chi connectivity index (χ4n) is 2.70. The molecular weight excluding hydrogens is 323 g/mol. The van der Waals surface area contributed by atoms with Gasteiger partial charge in [0.15, 0.2) is 0 Å². The van der Waals surface area contributed by atoms with Gasteiger partial charge in [0.25, 0.3) is 0 Å². The Morgan fingerprint density at radius 3 is 1.58 bits per heavy atom. The van der Waals surface area contributed by atoms with Crippen LogP contribution in [0.2, 0.25) is 0 Å². The number of methoxy groups -OCH3 is 2. The first-order valence-electron chi connectivity index (χ1n) is 7.95. The monoisotopic (exact) mass is 348 g/mol. The molecule has 0 heterocycles. The van der Waals surface area contributed by atoms with Crippen molar-refractivity contribution in [2.24, 2.45) is 0 Å². The zero-order valence-electron chi connectivity index (χ0n) is 14.9. The Labute approximate surface area is 144 Å². The highest BCUT2D eigenvalue weighted by Crippen LogP contribution is 2.44. The zero-order valence-corrected chi connectivity index (χ0v) is 15.8. The second kappa shape index (κ2) is 7.76. The average Bonchev–Trinajstić information content (AvgIpc) is 2.58. The van der Waals surface area contributed by atoms with E-state index in [2.05, 4.69) is 6.92 Å². The van der Waals surface area contributed by atoms with Gasteiger partial charge < -0.3 is 19.7 Å². The first-order valence-corrected chi connectivity index (χ1v) is 9.48. The van der Waals surface area contributed by atoms with Gasteiger partial charge in [0.1, 0.15) is 23.0 Å². The Hall–Kier alpha value is -1.93. The summed E-state index contributed by atoms with van der Waals surface area (Å²) in [4.78, 5) is 0. The van der Waals surface area contributed by atoms with E-state index in [0.29, 0.717) is 11.5 Å². The maximum Gasteiger partial charge on any atom is 0.126 e. The number of benzene rings is 2. The van der Waals surface area contributed by atoms with Crippen molar-refractivity contribution in [1.29, 1.82) is 0 Å². The van der Waals surface area contributed by atoms with E-state index in [4.69, 9.17) is 9.47 Å². The van der Waals surface area contributed by atoms with Gasteiger partial charge in [-0.25, -0.2) is 0 Å². The molecule has 2 rings (SSSR count). The summed E-state index contributed by atoms with van der Waals surface area (Å²) in [6, 6.07) is 7.37. The summed E-state index contributed by atoms with van der Waals surface area (Å²) >= 11 is 0. The van der Waals surface area contributed by atoms with Crippen LogP contribution in [0, 0.1) is 13.8 Å². The molecule has 0 aliphatic rings. The van der Waals surface area contributed by atoms with Gasteiger partial charge in [0.2, 0.25) is 0 Å². The molecule has 0 aromatic heterocycles. The van der Waals surface area contributed by atoms with Gasteiger partial charge in [-0.15, -0.1) is 0 Å². The molecule has 0 aliphatic heterocycles. The van der Waals surface area contributed by atoms with Crippen molar-refractivity contribution < 1.29 is 19.7 Å². The summed E-state index contributed by atoms with van der Waals surface area (Å²) in [5, 5.41) is 22.9. The molecule has 130 valence electrons. The van der Waals surface area contributed by atoms with Gasteiger partial charge >= 0.3 is 0 Å². The first-order chi connectivity index (χ1) is 11.4. The molecule has 0 radical (unpaired) electrons. The summed E-state index contributed by atoms with van der Waals surface area (Å²) in [7, 11) is 2.30. The molecule has 4 nitrogen and oxygen atoms in total. The van der Waals surface area contributed by atoms with Crippen molar-refractivity contribution >= 4 is 18.5 Å². The van der Waals surface area contributed by atoms with Crippen LogP contribution in [0.1, 0.15) is 24.5 Å². The average molecular weight is 348 g/mol. The van der Waals surface area contributed by atoms with Crippen LogP contribution < -0.4 is 20.1 Å². The van der Waals surface area contributed by atoms with Gasteiger partial charge in [-0.05, 0) is 63.3 Å². The van der Waals surface area contributed by atoms with Crippen LogP contribution in [-0.2, 0) is 0 Å². The molecule has 0 bridgehead atoms. The summed E-state index contributed by atoms with van der Waals surface area (Å²) in [6.07, 6.45) is 1.80. The SMILES string of the molecule is CCCP(c1cc(OC)cc(C)c1O)c1cc(OC)cc(C)c1O. The Bertz CT molecular complexity index is 668. The zero-order chi connectivity index (χ0) is 17.9. The number of rotatable bonds is 6. The van der Waals surface area contributed by atoms with Crippen LogP contribution in [0.15, 0.2) is 24.3 Å². The summed E-state index contributed by atoms with van der Waals surface area (Å²) < 4.78 is 10.7. The molecule has 0 spiro atoms. The molecule has 2 aromatic carbocycles. The molecule has 0 atom stereocenters. The predicted octanol–water partition coefficient (Wildman–Crippen LogP) is 3.57. The smallest absolute Gasteiger partial charge is 0.126 e. The second-order valence-electron chi connectivity index (χ2n) is 5.78. The van der Waals surface area contributed by atoms with E-state index < -0.39 is 7.92 Å². The van der Waals surface area contributed by atoms with E-state index in [1.807, 2.05) is 38.1 Å². The Morgan fingerprint density at radius 2 is 1.25 bits per heavy atom. The number of aromatic hydroxyl groups is 2. The van der Waals surface area contributed by atoms with Crippen molar-refractivity contribution in [1.82, 2.24) is 0 Å². The van der Waals surface area contributed by atoms with Crippen molar-refractivity contribution in [2.75, 3.05) is 20.4 Å². The lowest BCUT2D eigenvalue weighted by Crippen LogP contribution is -2.17. The highest BCUT2D eigenvalue weighted by atomic mass is 31.1. The van der Waals surface area contributed by atoms with E-state index in [-0.39, 0.29) is 11.5 Å². The van der Waals surface area contributed by atoms with Crippen molar-refractivity contribution in [3.05, 3.63) is 35.4 Å². The number of phenolic OH excluding ortho intramolecular Hbond substituents is 2. The third kappa shape index (κ3) is 3.59. The lowest BCUT2D eigenvalue weighted by Gasteiger charge is -2.23. The fourth-order valence-corrected chi connectivity index (χ4v) is 5.32. The van der Waals surface area contributed by atoms with Crippen LogP contribution >= 0.6 is 7.92 Å². The third-order valence-electron chi connectivity index (χ3n) is 4.01. The molecule has 2 aromatic rings. The second-order valence-corrected chi connectivity index (χ2v) is 8.04. The molecule has 5 heteroatoms. The van der Waals surface area contributed by atoms with Gasteiger partial charge in [-0.3, -0.25) is 0 Å².